The number of hydrogen-bond donors (Lipinski definition) is 2. The first-order valence-corrected chi connectivity index (χ1v) is 8.10. The summed E-state index contributed by atoms with van der Waals surface area (Å²) in [5, 5.41) is 15.6. The summed E-state index contributed by atoms with van der Waals surface area (Å²) in [5.41, 5.74) is 2.00. The Labute approximate surface area is 144 Å². The maximum Gasteiger partial charge on any atom is 0.305 e. The highest BCUT2D eigenvalue weighted by Gasteiger charge is 2.15. The minimum atomic E-state index is -0.908. The van der Waals surface area contributed by atoms with Gasteiger partial charge in [0.2, 0.25) is 5.95 Å². The summed E-state index contributed by atoms with van der Waals surface area (Å²) < 4.78 is 3.41. The number of aromatic nitrogens is 4. The van der Waals surface area contributed by atoms with Crippen LogP contribution < -0.4 is 5.32 Å². The van der Waals surface area contributed by atoms with Crippen molar-refractivity contribution in [2.24, 2.45) is 0 Å². The number of hydrogen-bond acceptors (Lipinski definition) is 4. The number of amides is 1. The van der Waals surface area contributed by atoms with Crippen molar-refractivity contribution in [3.05, 3.63) is 42.2 Å². The standard InChI is InChI=1S/C17H19N5O3/c1-2-9-22-14-6-4-3-5-12(14)18-17(22)19-16(25)13-7-10-21(20-13)11-8-15(23)24/h3-7,10H,2,8-9,11H2,1H3,(H,23,24)(H,18,19,25). The van der Waals surface area contributed by atoms with E-state index < -0.39 is 5.97 Å². The van der Waals surface area contributed by atoms with Crippen LogP contribution in [0.5, 0.6) is 0 Å². The highest BCUT2D eigenvalue weighted by molar-refractivity contribution is 6.02. The Bertz CT molecular complexity index is 912. The Morgan fingerprint density at radius 2 is 2.00 bits per heavy atom. The third-order valence-electron chi connectivity index (χ3n) is 3.76. The molecule has 0 spiro atoms. The average molecular weight is 341 g/mol. The fraction of sp³-hybridized carbons (Fsp3) is 0.294. The molecule has 2 N–H and O–H groups in total. The molecule has 8 heteroatoms. The molecule has 0 fully saturated rings. The third-order valence-corrected chi connectivity index (χ3v) is 3.76. The summed E-state index contributed by atoms with van der Waals surface area (Å²) in [6, 6.07) is 9.27. The molecule has 0 bridgehead atoms. The Morgan fingerprint density at radius 1 is 1.20 bits per heavy atom. The van der Waals surface area contributed by atoms with Crippen LogP contribution >= 0.6 is 0 Å². The number of rotatable bonds is 7. The molecule has 2 aromatic heterocycles. The van der Waals surface area contributed by atoms with Crippen molar-refractivity contribution < 1.29 is 14.7 Å². The molecule has 8 nitrogen and oxygen atoms in total. The molecule has 3 aromatic rings. The maximum absolute atomic E-state index is 12.4. The van der Waals surface area contributed by atoms with Crippen molar-refractivity contribution in [2.75, 3.05) is 5.32 Å². The number of nitrogens with one attached hydrogen (secondary N) is 1. The molecule has 0 radical (unpaired) electrons. The zero-order valence-corrected chi connectivity index (χ0v) is 13.8. The second-order valence-electron chi connectivity index (χ2n) is 5.64. The van der Waals surface area contributed by atoms with Crippen LogP contribution in [-0.4, -0.2) is 36.3 Å². The SMILES string of the molecule is CCCn1c(NC(=O)c2ccn(CCC(=O)O)n2)nc2ccccc21. The van der Waals surface area contributed by atoms with Crippen LogP contribution in [0.25, 0.3) is 11.0 Å². The predicted octanol–water partition coefficient (Wildman–Crippen LogP) is 2.37. The second-order valence-corrected chi connectivity index (χ2v) is 5.64. The lowest BCUT2D eigenvalue weighted by molar-refractivity contribution is -0.137. The van der Waals surface area contributed by atoms with Crippen molar-refractivity contribution in [1.82, 2.24) is 19.3 Å². The van der Waals surface area contributed by atoms with Gasteiger partial charge in [-0.25, -0.2) is 4.98 Å². The van der Waals surface area contributed by atoms with E-state index in [-0.39, 0.29) is 24.6 Å². The van der Waals surface area contributed by atoms with Gasteiger partial charge in [0, 0.05) is 12.7 Å². The van der Waals surface area contributed by atoms with E-state index in [1.165, 1.54) is 4.68 Å². The van der Waals surface area contributed by atoms with Crippen molar-refractivity contribution in [3.63, 3.8) is 0 Å². The lowest BCUT2D eigenvalue weighted by Crippen LogP contribution is -2.17. The van der Waals surface area contributed by atoms with Crippen molar-refractivity contribution in [1.29, 1.82) is 0 Å². The number of carbonyl (C=O) groups is 2. The molecule has 0 saturated heterocycles. The van der Waals surface area contributed by atoms with Crippen LogP contribution in [-0.2, 0) is 17.9 Å². The van der Waals surface area contributed by atoms with Crippen LogP contribution in [0.1, 0.15) is 30.3 Å². The quantitative estimate of drug-likeness (QED) is 0.687. The minimum Gasteiger partial charge on any atom is -0.481 e. The van der Waals surface area contributed by atoms with Gasteiger partial charge in [-0.15, -0.1) is 0 Å². The molecule has 1 aromatic carbocycles. The first-order valence-electron chi connectivity index (χ1n) is 8.10. The van der Waals surface area contributed by atoms with Crippen molar-refractivity contribution in [3.8, 4) is 0 Å². The number of para-hydroxylation sites is 2. The van der Waals surface area contributed by atoms with E-state index in [4.69, 9.17) is 5.11 Å². The fourth-order valence-corrected chi connectivity index (χ4v) is 2.60. The van der Waals surface area contributed by atoms with E-state index in [0.29, 0.717) is 5.95 Å². The van der Waals surface area contributed by atoms with Crippen LogP contribution in [0.3, 0.4) is 0 Å². The zero-order chi connectivity index (χ0) is 17.8. The first kappa shape index (κ1) is 16.7. The highest BCUT2D eigenvalue weighted by Crippen LogP contribution is 2.20. The number of anilines is 1. The number of aryl methyl sites for hydroxylation is 2. The van der Waals surface area contributed by atoms with Crippen LogP contribution in [0.15, 0.2) is 36.5 Å². The number of carbonyl (C=O) groups excluding carboxylic acids is 1. The molecule has 0 atom stereocenters. The van der Waals surface area contributed by atoms with E-state index in [1.54, 1.807) is 12.3 Å². The Kier molecular flexibility index (Phi) is 4.78. The number of benzene rings is 1. The molecule has 0 aliphatic carbocycles. The summed E-state index contributed by atoms with van der Waals surface area (Å²) in [6.07, 6.45) is 2.45. The fourth-order valence-electron chi connectivity index (χ4n) is 2.60. The van der Waals surface area contributed by atoms with Gasteiger partial charge in [0.25, 0.3) is 5.91 Å². The van der Waals surface area contributed by atoms with Crippen LogP contribution in [0, 0.1) is 0 Å². The lowest BCUT2D eigenvalue weighted by atomic mass is 10.3. The summed E-state index contributed by atoms with van der Waals surface area (Å²) in [6.45, 7) is 3.02. The largest absolute Gasteiger partial charge is 0.481 e. The van der Waals surface area contributed by atoms with Gasteiger partial charge >= 0.3 is 5.97 Å². The highest BCUT2D eigenvalue weighted by atomic mass is 16.4. The van der Waals surface area contributed by atoms with Gasteiger partial charge in [-0.3, -0.25) is 19.6 Å². The molecule has 0 aliphatic rings. The number of carboxylic acid groups (broad SMARTS) is 1. The van der Waals surface area contributed by atoms with Crippen LogP contribution in [0.4, 0.5) is 5.95 Å². The number of aliphatic carboxylic acids is 1. The van der Waals surface area contributed by atoms with Gasteiger partial charge in [-0.05, 0) is 24.6 Å². The summed E-state index contributed by atoms with van der Waals surface area (Å²) >= 11 is 0. The number of imidazole rings is 1. The molecule has 1 amide bonds. The molecular weight excluding hydrogens is 322 g/mol. The van der Waals surface area contributed by atoms with E-state index >= 15 is 0 Å². The van der Waals surface area contributed by atoms with Gasteiger partial charge in [0.05, 0.1) is 24.0 Å². The van der Waals surface area contributed by atoms with Crippen LogP contribution in [0.2, 0.25) is 0 Å². The summed E-state index contributed by atoms with van der Waals surface area (Å²) in [7, 11) is 0. The van der Waals surface area contributed by atoms with E-state index in [2.05, 4.69) is 22.3 Å². The molecule has 0 saturated carbocycles. The number of carboxylic acids is 1. The van der Waals surface area contributed by atoms with E-state index in [1.807, 2.05) is 28.8 Å². The van der Waals surface area contributed by atoms with E-state index in [0.717, 1.165) is 24.0 Å². The van der Waals surface area contributed by atoms with E-state index in [9.17, 15) is 9.59 Å². The van der Waals surface area contributed by atoms with Crippen molar-refractivity contribution in [2.45, 2.75) is 32.9 Å². The van der Waals surface area contributed by atoms with Gasteiger partial charge < -0.3 is 9.67 Å². The summed E-state index contributed by atoms with van der Waals surface area (Å²) in [5.74, 6) is -0.801. The Morgan fingerprint density at radius 3 is 2.76 bits per heavy atom. The summed E-state index contributed by atoms with van der Waals surface area (Å²) in [4.78, 5) is 27.5. The number of nitrogens with zero attached hydrogens (tertiary/aromatic N) is 4. The monoisotopic (exact) mass is 341 g/mol. The Balaban J connectivity index is 1.80. The average Bonchev–Trinajstić information content (AvgIpc) is 3.19. The third kappa shape index (κ3) is 3.68. The smallest absolute Gasteiger partial charge is 0.305 e. The van der Waals surface area contributed by atoms with Gasteiger partial charge in [-0.1, -0.05) is 19.1 Å². The molecule has 25 heavy (non-hydrogen) atoms. The van der Waals surface area contributed by atoms with Gasteiger partial charge in [-0.2, -0.15) is 5.10 Å². The molecule has 3 rings (SSSR count). The van der Waals surface area contributed by atoms with Gasteiger partial charge in [0.1, 0.15) is 0 Å². The first-order chi connectivity index (χ1) is 12.1. The second kappa shape index (κ2) is 7.16. The number of fused-ring (bicyclic) bond motifs is 1. The normalized spacial score (nSPS) is 10.9. The molecule has 0 aliphatic heterocycles. The molecule has 0 unspecified atom stereocenters. The van der Waals surface area contributed by atoms with Crippen molar-refractivity contribution >= 4 is 28.9 Å². The lowest BCUT2D eigenvalue weighted by Gasteiger charge is -2.08. The maximum atomic E-state index is 12.4. The Hall–Kier alpha value is -3.16. The zero-order valence-electron chi connectivity index (χ0n) is 13.8. The predicted molar refractivity (Wildman–Crippen MR) is 92.5 cm³/mol. The molecule has 130 valence electrons. The molecule has 2 heterocycles. The van der Waals surface area contributed by atoms with Gasteiger partial charge in [0.15, 0.2) is 5.69 Å². The molecular formula is C17H19N5O3. The minimum absolute atomic E-state index is 0.0466. The topological polar surface area (TPSA) is 102 Å².